The zero-order valence-corrected chi connectivity index (χ0v) is 14.8. The van der Waals surface area contributed by atoms with Gasteiger partial charge < -0.3 is 14.2 Å². The number of fused-ring (bicyclic) bond motifs is 1. The summed E-state index contributed by atoms with van der Waals surface area (Å²) in [7, 11) is 4.43. The first-order valence-corrected chi connectivity index (χ1v) is 8.06. The van der Waals surface area contributed by atoms with Crippen molar-refractivity contribution in [3.05, 3.63) is 21.5 Å². The number of ether oxygens (including phenoxy) is 3. The summed E-state index contributed by atoms with van der Waals surface area (Å²) in [6.07, 6.45) is 0.211. The summed E-state index contributed by atoms with van der Waals surface area (Å²) in [5, 5.41) is 0.879. The van der Waals surface area contributed by atoms with Crippen LogP contribution in [0.5, 0.6) is 11.5 Å². The minimum atomic E-state index is -0.390. The average Bonchev–Trinajstić information content (AvgIpc) is 2.96. The Morgan fingerprint density at radius 2 is 1.86 bits per heavy atom. The van der Waals surface area contributed by atoms with Gasteiger partial charge in [0.05, 0.1) is 37.1 Å². The predicted molar refractivity (Wildman–Crippen MR) is 88.2 cm³/mol. The number of hydrogen-bond acceptors (Lipinski definition) is 6. The first-order valence-electron chi connectivity index (χ1n) is 6.45. The lowest BCUT2D eigenvalue weighted by molar-refractivity contribution is -0.140. The topological polar surface area (TPSA) is 61.8 Å². The number of methoxy groups -OCH3 is 3. The maximum atomic E-state index is 12.2. The van der Waals surface area contributed by atoms with E-state index in [0.29, 0.717) is 16.4 Å². The molecule has 0 atom stereocenters. The Balaban J connectivity index is 2.36. The molecule has 1 aromatic carbocycles. The normalized spacial score (nSPS) is 10.5. The monoisotopic (exact) mass is 386 g/mol. The number of carbonyl (C=O) groups excluding carboxylic acids is 2. The van der Waals surface area contributed by atoms with Crippen molar-refractivity contribution in [2.24, 2.45) is 0 Å². The summed E-state index contributed by atoms with van der Waals surface area (Å²) in [5.74, 6) is 0.703. The molecule has 118 valence electrons. The van der Waals surface area contributed by atoms with Crippen molar-refractivity contribution in [2.45, 2.75) is 12.8 Å². The Morgan fingerprint density at radius 3 is 2.45 bits per heavy atom. The smallest absolute Gasteiger partial charge is 0.305 e. The van der Waals surface area contributed by atoms with Gasteiger partial charge in [0, 0.05) is 22.6 Å². The molecule has 0 unspecified atom stereocenters. The molecule has 0 radical (unpaired) electrons. The Bertz CT molecular complexity index is 722. The summed E-state index contributed by atoms with van der Waals surface area (Å²) in [6, 6.07) is 3.63. The summed E-state index contributed by atoms with van der Waals surface area (Å²) in [4.78, 5) is 23.9. The van der Waals surface area contributed by atoms with Gasteiger partial charge in [0.2, 0.25) is 0 Å². The second-order valence-corrected chi connectivity index (χ2v) is 6.32. The lowest BCUT2D eigenvalue weighted by Crippen LogP contribution is -2.04. The van der Waals surface area contributed by atoms with Crippen LogP contribution in [0.2, 0.25) is 0 Å². The summed E-state index contributed by atoms with van der Waals surface area (Å²) in [6.45, 7) is 0. The highest BCUT2D eigenvalue weighted by molar-refractivity contribution is 9.10. The van der Waals surface area contributed by atoms with Gasteiger partial charge in [0.25, 0.3) is 0 Å². The zero-order valence-electron chi connectivity index (χ0n) is 12.4. The van der Waals surface area contributed by atoms with Gasteiger partial charge in [-0.3, -0.25) is 9.59 Å². The second-order valence-electron chi connectivity index (χ2n) is 4.45. The number of hydrogen-bond donors (Lipinski definition) is 0. The molecule has 0 saturated carbocycles. The summed E-state index contributed by atoms with van der Waals surface area (Å²) < 4.78 is 16.8. The van der Waals surface area contributed by atoms with Crippen LogP contribution in [0.3, 0.4) is 0 Å². The highest BCUT2D eigenvalue weighted by Crippen LogP contribution is 2.44. The minimum absolute atomic E-state index is 0.0807. The van der Waals surface area contributed by atoms with Crippen LogP contribution in [-0.4, -0.2) is 33.1 Å². The number of rotatable bonds is 6. The third-order valence-corrected chi connectivity index (χ3v) is 5.08. The van der Waals surface area contributed by atoms with E-state index >= 15 is 0 Å². The van der Waals surface area contributed by atoms with Gasteiger partial charge in [-0.15, -0.1) is 11.3 Å². The van der Waals surface area contributed by atoms with Crippen molar-refractivity contribution in [3.8, 4) is 11.5 Å². The van der Waals surface area contributed by atoms with Crippen LogP contribution in [0.4, 0.5) is 0 Å². The van der Waals surface area contributed by atoms with E-state index < -0.39 is 0 Å². The SMILES string of the molecule is COC(=O)CCC(=O)c1cc2c(Br)c(OC)c(OC)cc2s1. The molecule has 7 heteroatoms. The van der Waals surface area contributed by atoms with Crippen LogP contribution in [0, 0.1) is 0 Å². The molecular weight excluding hydrogens is 372 g/mol. The fourth-order valence-electron chi connectivity index (χ4n) is 2.02. The van der Waals surface area contributed by atoms with Crippen molar-refractivity contribution < 1.29 is 23.8 Å². The maximum absolute atomic E-state index is 12.2. The van der Waals surface area contributed by atoms with E-state index in [1.807, 2.05) is 6.07 Å². The number of carbonyl (C=O) groups is 2. The van der Waals surface area contributed by atoms with Gasteiger partial charge in [-0.05, 0) is 22.0 Å². The number of esters is 1. The minimum Gasteiger partial charge on any atom is -0.493 e. The molecule has 0 saturated heterocycles. The van der Waals surface area contributed by atoms with Crippen molar-refractivity contribution in [2.75, 3.05) is 21.3 Å². The molecule has 0 bridgehead atoms. The van der Waals surface area contributed by atoms with Gasteiger partial charge in [-0.1, -0.05) is 0 Å². The van der Waals surface area contributed by atoms with E-state index in [4.69, 9.17) is 9.47 Å². The third-order valence-electron chi connectivity index (χ3n) is 3.17. The molecule has 0 fully saturated rings. The largest absolute Gasteiger partial charge is 0.493 e. The number of ketones is 1. The Kier molecular flexibility index (Phi) is 5.42. The van der Waals surface area contributed by atoms with Crippen LogP contribution in [0.1, 0.15) is 22.5 Å². The molecule has 0 spiro atoms. The second kappa shape index (κ2) is 7.11. The van der Waals surface area contributed by atoms with E-state index in [9.17, 15) is 9.59 Å². The van der Waals surface area contributed by atoms with Crippen LogP contribution >= 0.6 is 27.3 Å². The van der Waals surface area contributed by atoms with Crippen LogP contribution in [0.15, 0.2) is 16.6 Å². The van der Waals surface area contributed by atoms with Crippen molar-refractivity contribution in [1.29, 1.82) is 0 Å². The van der Waals surface area contributed by atoms with Gasteiger partial charge in [0.15, 0.2) is 17.3 Å². The van der Waals surface area contributed by atoms with Crippen molar-refractivity contribution in [1.82, 2.24) is 0 Å². The van der Waals surface area contributed by atoms with E-state index in [0.717, 1.165) is 14.6 Å². The summed E-state index contributed by atoms with van der Waals surface area (Å²) in [5.41, 5.74) is 0. The molecule has 0 aliphatic rings. The molecule has 0 aliphatic heterocycles. The number of halogens is 1. The first kappa shape index (κ1) is 16.8. The molecule has 0 amide bonds. The van der Waals surface area contributed by atoms with Crippen molar-refractivity contribution >= 4 is 49.1 Å². The van der Waals surface area contributed by atoms with Gasteiger partial charge >= 0.3 is 5.97 Å². The molecule has 22 heavy (non-hydrogen) atoms. The molecule has 1 aromatic heterocycles. The fraction of sp³-hybridized carbons (Fsp3) is 0.333. The third kappa shape index (κ3) is 3.25. The fourth-order valence-corrected chi connectivity index (χ4v) is 3.90. The van der Waals surface area contributed by atoms with Crippen molar-refractivity contribution in [3.63, 3.8) is 0 Å². The highest BCUT2D eigenvalue weighted by atomic mass is 79.9. The van der Waals surface area contributed by atoms with E-state index in [1.165, 1.54) is 18.4 Å². The molecule has 1 heterocycles. The summed E-state index contributed by atoms with van der Waals surface area (Å²) >= 11 is 4.85. The van der Waals surface area contributed by atoms with Gasteiger partial charge in [0.1, 0.15) is 0 Å². The zero-order chi connectivity index (χ0) is 16.3. The maximum Gasteiger partial charge on any atom is 0.305 e. The lowest BCUT2D eigenvalue weighted by Gasteiger charge is -2.09. The Labute approximate surface area is 140 Å². The van der Waals surface area contributed by atoms with Gasteiger partial charge in [-0.2, -0.15) is 0 Å². The molecule has 5 nitrogen and oxygen atoms in total. The number of thiophene rings is 1. The predicted octanol–water partition coefficient (Wildman–Crippen LogP) is 3.82. The van der Waals surface area contributed by atoms with E-state index in [2.05, 4.69) is 20.7 Å². The quantitative estimate of drug-likeness (QED) is 0.557. The average molecular weight is 387 g/mol. The molecule has 0 N–H and O–H groups in total. The standard InChI is InChI=1S/C15H15BrO5S/c1-19-10-7-11-8(14(16)15(10)21-3)6-12(22-11)9(17)4-5-13(18)20-2/h6-7H,4-5H2,1-3H3. The lowest BCUT2D eigenvalue weighted by atomic mass is 10.1. The van der Waals surface area contributed by atoms with Crippen LogP contribution in [0.25, 0.3) is 10.1 Å². The molecular formula is C15H15BrO5S. The number of benzene rings is 1. The van der Waals surface area contributed by atoms with Crippen LogP contribution in [-0.2, 0) is 9.53 Å². The number of Topliss-reactive ketones (excluding diaryl/α,β-unsaturated/α-hetero) is 1. The highest BCUT2D eigenvalue weighted by Gasteiger charge is 2.18. The Hall–Kier alpha value is -1.60. The molecule has 2 aromatic rings. The molecule has 2 rings (SSSR count). The first-order chi connectivity index (χ1) is 10.5. The van der Waals surface area contributed by atoms with E-state index in [1.54, 1.807) is 20.3 Å². The Morgan fingerprint density at radius 1 is 1.14 bits per heavy atom. The van der Waals surface area contributed by atoms with Gasteiger partial charge in [-0.25, -0.2) is 0 Å². The van der Waals surface area contributed by atoms with Crippen LogP contribution < -0.4 is 9.47 Å². The van der Waals surface area contributed by atoms with E-state index in [-0.39, 0.29) is 24.6 Å². The molecule has 0 aliphatic carbocycles.